The second-order valence-electron chi connectivity index (χ2n) is 8.40. The first kappa shape index (κ1) is 28.0. The zero-order chi connectivity index (χ0) is 27.0. The van der Waals surface area contributed by atoms with Crippen LogP contribution in [0, 0.1) is 11.6 Å². The largest absolute Gasteiger partial charge is 0.497 e. The predicted octanol–water partition coefficient (Wildman–Crippen LogP) is 1.75. The van der Waals surface area contributed by atoms with Gasteiger partial charge in [0.25, 0.3) is 0 Å². The Labute approximate surface area is 213 Å². The van der Waals surface area contributed by atoms with E-state index >= 15 is 0 Å². The first-order valence-corrected chi connectivity index (χ1v) is 13.1. The molecule has 0 saturated heterocycles. The van der Waals surface area contributed by atoms with Crippen molar-refractivity contribution in [3.63, 3.8) is 0 Å². The fourth-order valence-electron chi connectivity index (χ4n) is 3.57. The lowest BCUT2D eigenvalue weighted by Crippen LogP contribution is -2.49. The Morgan fingerprint density at radius 3 is 2.57 bits per heavy atom. The molecule has 200 valence electrons. The molecule has 0 bridgehead atoms. The second-order valence-corrected chi connectivity index (χ2v) is 10.1. The highest BCUT2D eigenvalue weighted by molar-refractivity contribution is 7.91. The van der Waals surface area contributed by atoms with Gasteiger partial charge in [-0.15, -0.1) is 0 Å². The number of aromatic nitrogens is 1. The Hall–Kier alpha value is -3.55. The van der Waals surface area contributed by atoms with E-state index in [0.717, 1.165) is 36.3 Å². The Balaban J connectivity index is 1.66. The van der Waals surface area contributed by atoms with Crippen LogP contribution < -0.4 is 20.1 Å². The van der Waals surface area contributed by atoms with E-state index in [9.17, 15) is 27.1 Å². The van der Waals surface area contributed by atoms with Crippen molar-refractivity contribution in [2.45, 2.75) is 31.5 Å². The fourth-order valence-corrected chi connectivity index (χ4v) is 3.98. The summed E-state index contributed by atoms with van der Waals surface area (Å²) in [6.07, 6.45) is 0.582. The van der Waals surface area contributed by atoms with E-state index in [1.165, 1.54) is 0 Å². The molecule has 0 saturated carbocycles. The molecule has 0 unspecified atom stereocenters. The van der Waals surface area contributed by atoms with E-state index < -0.39 is 39.7 Å². The number of anilines is 1. The van der Waals surface area contributed by atoms with Crippen LogP contribution in [-0.2, 0) is 34.2 Å². The summed E-state index contributed by atoms with van der Waals surface area (Å²) in [7, 11) is -2.06. The minimum absolute atomic E-state index is 0.0534. The number of aliphatic hydroxyl groups is 1. The summed E-state index contributed by atoms with van der Waals surface area (Å²) in [5, 5.41) is 16.6. The number of halogens is 2. The summed E-state index contributed by atoms with van der Waals surface area (Å²) >= 11 is 0. The minimum Gasteiger partial charge on any atom is -0.497 e. The average molecular weight is 539 g/mol. The molecular formula is C24H28F2N4O6S. The van der Waals surface area contributed by atoms with Gasteiger partial charge in [-0.2, -0.15) is 4.98 Å². The first-order chi connectivity index (χ1) is 17.5. The molecule has 0 aliphatic carbocycles. The maximum atomic E-state index is 13.7. The highest BCUT2D eigenvalue weighted by Crippen LogP contribution is 2.14. The number of nitrogens with zero attached hydrogens (tertiary/aromatic N) is 1. The topological polar surface area (TPSA) is 143 Å². The summed E-state index contributed by atoms with van der Waals surface area (Å²) in [5.74, 6) is -1.44. The maximum Gasteiger partial charge on any atom is 0.308 e. The monoisotopic (exact) mass is 538 g/mol. The molecule has 1 amide bonds. The second kappa shape index (κ2) is 12.6. The minimum atomic E-state index is -3.61. The van der Waals surface area contributed by atoms with Crippen molar-refractivity contribution >= 4 is 21.9 Å². The van der Waals surface area contributed by atoms with Gasteiger partial charge < -0.3 is 24.9 Å². The molecule has 10 nitrogen and oxygen atoms in total. The highest BCUT2D eigenvalue weighted by atomic mass is 32.2. The molecule has 1 heterocycles. The molecule has 3 aromatic rings. The van der Waals surface area contributed by atoms with Gasteiger partial charge in [0.2, 0.25) is 15.9 Å². The van der Waals surface area contributed by atoms with Crippen LogP contribution in [0.15, 0.2) is 53.1 Å². The number of benzene rings is 2. The third-order valence-electron chi connectivity index (χ3n) is 5.17. The van der Waals surface area contributed by atoms with Crippen molar-refractivity contribution in [1.29, 1.82) is 0 Å². The van der Waals surface area contributed by atoms with Gasteiger partial charge in [-0.05, 0) is 41.8 Å². The van der Waals surface area contributed by atoms with Gasteiger partial charge in [0, 0.05) is 19.2 Å². The van der Waals surface area contributed by atoms with Crippen molar-refractivity contribution in [3.05, 3.63) is 77.2 Å². The normalized spacial score (nSPS) is 13.1. The summed E-state index contributed by atoms with van der Waals surface area (Å²) in [5.41, 5.74) is 1.30. The number of ether oxygens (including phenoxy) is 1. The van der Waals surface area contributed by atoms with Crippen LogP contribution in [0.3, 0.4) is 0 Å². The van der Waals surface area contributed by atoms with Crippen LogP contribution in [0.2, 0.25) is 0 Å². The predicted molar refractivity (Wildman–Crippen MR) is 131 cm³/mol. The molecule has 0 aliphatic heterocycles. The highest BCUT2D eigenvalue weighted by Gasteiger charge is 2.23. The number of nitrogens with one attached hydrogen (secondary N) is 3. The molecule has 1 aromatic heterocycles. The van der Waals surface area contributed by atoms with Crippen LogP contribution in [0.25, 0.3) is 0 Å². The molecule has 0 spiro atoms. The zero-order valence-corrected chi connectivity index (χ0v) is 21.0. The van der Waals surface area contributed by atoms with Gasteiger partial charge in [-0.25, -0.2) is 21.9 Å². The zero-order valence-electron chi connectivity index (χ0n) is 20.2. The number of methoxy groups -OCH3 is 1. The number of rotatable bonds is 13. The van der Waals surface area contributed by atoms with E-state index in [-0.39, 0.29) is 36.7 Å². The lowest BCUT2D eigenvalue weighted by Gasteiger charge is -2.25. The fraction of sp³-hybridized carbons (Fsp3) is 0.333. The molecule has 0 radical (unpaired) electrons. The lowest BCUT2D eigenvalue weighted by molar-refractivity contribution is -0.122. The number of hydrogen-bond acceptors (Lipinski definition) is 8. The van der Waals surface area contributed by atoms with Gasteiger partial charge in [0.15, 0.2) is 0 Å². The Morgan fingerprint density at radius 1 is 1.16 bits per heavy atom. The van der Waals surface area contributed by atoms with Crippen LogP contribution in [0.4, 0.5) is 14.8 Å². The van der Waals surface area contributed by atoms with Crippen molar-refractivity contribution in [3.8, 4) is 5.75 Å². The van der Waals surface area contributed by atoms with E-state index in [0.29, 0.717) is 12.3 Å². The van der Waals surface area contributed by atoms with Crippen molar-refractivity contribution < 1.29 is 36.3 Å². The van der Waals surface area contributed by atoms with Crippen molar-refractivity contribution in [1.82, 2.24) is 15.6 Å². The number of hydrogen-bond donors (Lipinski definition) is 4. The van der Waals surface area contributed by atoms with Crippen molar-refractivity contribution in [2.75, 3.05) is 24.6 Å². The third kappa shape index (κ3) is 9.44. The Bertz CT molecular complexity index is 1300. The molecule has 0 aliphatic rings. The van der Waals surface area contributed by atoms with Crippen LogP contribution in [-0.4, -0.2) is 56.5 Å². The van der Waals surface area contributed by atoms with Crippen LogP contribution >= 0.6 is 0 Å². The first-order valence-electron chi connectivity index (χ1n) is 11.2. The SMILES string of the molecule is COc1cccc(CNC[C@@H](O)[C@H](Cc2cc(F)cc(F)c2)NC(=O)Cc2coc(NS(C)(=O)=O)n2)c1. The van der Waals surface area contributed by atoms with Gasteiger partial charge in [0.05, 0.1) is 37.6 Å². The van der Waals surface area contributed by atoms with Gasteiger partial charge >= 0.3 is 6.01 Å². The van der Waals surface area contributed by atoms with Crippen LogP contribution in [0.5, 0.6) is 5.75 Å². The van der Waals surface area contributed by atoms with Crippen molar-refractivity contribution in [2.24, 2.45) is 0 Å². The molecule has 0 fully saturated rings. The molecule has 2 atom stereocenters. The molecule has 2 aromatic carbocycles. The summed E-state index contributed by atoms with van der Waals surface area (Å²) in [6.45, 7) is 0.463. The number of carbonyl (C=O) groups excluding carboxylic acids is 1. The number of aliphatic hydroxyl groups excluding tert-OH is 1. The standard InChI is InChI=1S/C24H28F2N4O6S/c1-35-20-5-3-4-15(8-20)12-27-13-22(31)21(9-16-6-17(25)10-18(26)7-16)29-23(32)11-19-14-36-24(28-19)30-37(2,33)34/h3-8,10,14,21-22,27,31H,9,11-13H2,1-2H3,(H,28,30)(H,29,32)/t21-,22+/m0/s1. The summed E-state index contributed by atoms with van der Waals surface area (Å²) in [6, 6.07) is 9.12. The van der Waals surface area contributed by atoms with Crippen LogP contribution in [0.1, 0.15) is 16.8 Å². The number of carbonyl (C=O) groups is 1. The molecule has 13 heteroatoms. The molecule has 4 N–H and O–H groups in total. The molecule has 3 rings (SSSR count). The van der Waals surface area contributed by atoms with Gasteiger partial charge in [0.1, 0.15) is 23.6 Å². The summed E-state index contributed by atoms with van der Waals surface area (Å²) in [4.78, 5) is 16.6. The number of sulfonamides is 1. The number of oxazole rings is 1. The van der Waals surface area contributed by atoms with E-state index in [2.05, 4.69) is 20.3 Å². The Kier molecular flexibility index (Phi) is 9.55. The van der Waals surface area contributed by atoms with Gasteiger partial charge in [-0.3, -0.25) is 4.79 Å². The maximum absolute atomic E-state index is 13.7. The van der Waals surface area contributed by atoms with E-state index in [1.807, 2.05) is 18.2 Å². The average Bonchev–Trinajstić information content (AvgIpc) is 3.22. The lowest BCUT2D eigenvalue weighted by atomic mass is 10.00. The smallest absolute Gasteiger partial charge is 0.308 e. The summed E-state index contributed by atoms with van der Waals surface area (Å²) < 4.78 is 62.3. The molecule has 37 heavy (non-hydrogen) atoms. The van der Waals surface area contributed by atoms with Gasteiger partial charge in [-0.1, -0.05) is 12.1 Å². The van der Waals surface area contributed by atoms with E-state index in [4.69, 9.17) is 9.15 Å². The molecular weight excluding hydrogens is 510 g/mol. The number of amides is 1. The Morgan fingerprint density at radius 2 is 1.89 bits per heavy atom. The quantitative estimate of drug-likeness (QED) is 0.258. The third-order valence-corrected chi connectivity index (χ3v) is 5.72. The van der Waals surface area contributed by atoms with E-state index in [1.54, 1.807) is 13.2 Å².